The van der Waals surface area contributed by atoms with Gasteiger partial charge in [-0.2, -0.15) is 26.3 Å². The second-order valence-corrected chi connectivity index (χ2v) is 4.14. The largest absolute Gasteiger partial charge is 0.490 e. The molecule has 0 radical (unpaired) electrons. The summed E-state index contributed by atoms with van der Waals surface area (Å²) >= 11 is 0. The fraction of sp³-hybridized carbons (Fsp3) is 0.538. The van der Waals surface area contributed by atoms with E-state index >= 15 is 0 Å². The summed E-state index contributed by atoms with van der Waals surface area (Å²) in [5, 5.41) is 0. The van der Waals surface area contributed by atoms with Crippen molar-refractivity contribution >= 4 is 0 Å². The minimum Gasteiger partial charge on any atom is -0.490 e. The molecule has 0 heterocycles. The van der Waals surface area contributed by atoms with Crippen LogP contribution in [0.25, 0.3) is 0 Å². The van der Waals surface area contributed by atoms with Crippen LogP contribution < -0.4 is 4.74 Å². The number of benzene rings is 1. The third-order valence-electron chi connectivity index (χ3n) is 2.45. The van der Waals surface area contributed by atoms with Crippen LogP contribution in [-0.2, 0) is 17.1 Å². The van der Waals surface area contributed by atoms with Crippen molar-refractivity contribution in [3.05, 3.63) is 29.3 Å². The molecule has 0 fully saturated rings. The van der Waals surface area contributed by atoms with Gasteiger partial charge in [0.2, 0.25) is 0 Å². The quantitative estimate of drug-likeness (QED) is 0.567. The minimum atomic E-state index is -4.93. The van der Waals surface area contributed by atoms with Crippen molar-refractivity contribution in [3.8, 4) is 5.75 Å². The average Bonchev–Trinajstić information content (AvgIpc) is 2.36. The van der Waals surface area contributed by atoms with Gasteiger partial charge >= 0.3 is 12.4 Å². The molecular formula is C13H14F6O2. The van der Waals surface area contributed by atoms with E-state index in [0.717, 1.165) is 0 Å². The standard InChI is InChI=1S/C13H14F6O2/c1-2-6-20-7-8-21-11-9(12(14,15)16)4-3-5-10(11)13(17,18)19/h3-5H,2,6-8H2,1H3. The molecule has 21 heavy (non-hydrogen) atoms. The molecule has 0 spiro atoms. The Morgan fingerprint density at radius 3 is 1.81 bits per heavy atom. The maximum absolute atomic E-state index is 12.8. The predicted octanol–water partition coefficient (Wildman–Crippen LogP) is 4.53. The highest BCUT2D eigenvalue weighted by atomic mass is 19.4. The summed E-state index contributed by atoms with van der Waals surface area (Å²) < 4.78 is 86.3. The summed E-state index contributed by atoms with van der Waals surface area (Å²) in [5.74, 6) is -1.21. The number of halogens is 6. The molecule has 0 aromatic heterocycles. The predicted molar refractivity (Wildman–Crippen MR) is 63.1 cm³/mol. The average molecular weight is 316 g/mol. The molecule has 0 aliphatic rings. The van der Waals surface area contributed by atoms with Gasteiger partial charge < -0.3 is 9.47 Å². The lowest BCUT2D eigenvalue weighted by molar-refractivity contribution is -0.145. The summed E-state index contributed by atoms with van der Waals surface area (Å²) in [6.45, 7) is 1.70. The van der Waals surface area contributed by atoms with E-state index in [4.69, 9.17) is 9.47 Å². The van der Waals surface area contributed by atoms with E-state index in [9.17, 15) is 26.3 Å². The van der Waals surface area contributed by atoms with Crippen LogP contribution in [0.5, 0.6) is 5.75 Å². The van der Waals surface area contributed by atoms with E-state index in [1.54, 1.807) is 0 Å². The molecule has 0 aliphatic heterocycles. The van der Waals surface area contributed by atoms with Gasteiger partial charge in [-0.1, -0.05) is 13.0 Å². The molecule has 0 bridgehead atoms. The molecule has 1 aromatic carbocycles. The van der Waals surface area contributed by atoms with Gasteiger partial charge in [0.25, 0.3) is 0 Å². The zero-order chi connectivity index (χ0) is 16.1. The SMILES string of the molecule is CCCOCCOc1c(C(F)(F)F)cccc1C(F)(F)F. The molecule has 1 rings (SSSR count). The van der Waals surface area contributed by atoms with Crippen LogP contribution in [0.3, 0.4) is 0 Å². The Morgan fingerprint density at radius 2 is 1.38 bits per heavy atom. The van der Waals surface area contributed by atoms with Gasteiger partial charge in [-0.15, -0.1) is 0 Å². The van der Waals surface area contributed by atoms with Crippen LogP contribution in [0.4, 0.5) is 26.3 Å². The fourth-order valence-corrected chi connectivity index (χ4v) is 1.59. The van der Waals surface area contributed by atoms with E-state index in [-0.39, 0.29) is 6.61 Å². The van der Waals surface area contributed by atoms with Crippen molar-refractivity contribution in [2.24, 2.45) is 0 Å². The number of rotatable bonds is 6. The molecule has 0 aliphatic carbocycles. The highest BCUT2D eigenvalue weighted by Crippen LogP contribution is 2.43. The van der Waals surface area contributed by atoms with Crippen molar-refractivity contribution in [2.45, 2.75) is 25.7 Å². The lowest BCUT2D eigenvalue weighted by atomic mass is 10.1. The van der Waals surface area contributed by atoms with Crippen LogP contribution in [-0.4, -0.2) is 19.8 Å². The molecule has 0 saturated carbocycles. The summed E-state index contributed by atoms with van der Waals surface area (Å²) in [6, 6.07) is 1.81. The summed E-state index contributed by atoms with van der Waals surface area (Å²) in [4.78, 5) is 0. The van der Waals surface area contributed by atoms with Gasteiger partial charge in [0.15, 0.2) is 0 Å². The maximum atomic E-state index is 12.8. The van der Waals surface area contributed by atoms with E-state index in [0.29, 0.717) is 31.2 Å². The van der Waals surface area contributed by atoms with Crippen LogP contribution in [0.15, 0.2) is 18.2 Å². The maximum Gasteiger partial charge on any atom is 0.419 e. The third-order valence-corrected chi connectivity index (χ3v) is 2.45. The van der Waals surface area contributed by atoms with Crippen LogP contribution in [0.1, 0.15) is 24.5 Å². The summed E-state index contributed by atoms with van der Waals surface area (Å²) in [6.07, 6.45) is -9.17. The van der Waals surface area contributed by atoms with Crippen molar-refractivity contribution < 1.29 is 35.8 Å². The Bertz CT molecular complexity index is 421. The highest BCUT2D eigenvalue weighted by Gasteiger charge is 2.41. The van der Waals surface area contributed by atoms with Gasteiger partial charge in [0.05, 0.1) is 17.7 Å². The zero-order valence-corrected chi connectivity index (χ0v) is 11.1. The molecular weight excluding hydrogens is 302 g/mol. The number of para-hydroxylation sites is 1. The smallest absolute Gasteiger partial charge is 0.419 e. The number of alkyl halides is 6. The van der Waals surface area contributed by atoms with E-state index in [1.807, 2.05) is 6.92 Å². The Hall–Kier alpha value is -1.44. The van der Waals surface area contributed by atoms with E-state index in [2.05, 4.69) is 0 Å². The Balaban J connectivity index is 3.01. The second kappa shape index (κ2) is 7.02. The first-order valence-corrected chi connectivity index (χ1v) is 6.16. The van der Waals surface area contributed by atoms with Crippen molar-refractivity contribution in [2.75, 3.05) is 19.8 Å². The van der Waals surface area contributed by atoms with Crippen molar-refractivity contribution in [3.63, 3.8) is 0 Å². The number of hydrogen-bond acceptors (Lipinski definition) is 2. The first-order valence-electron chi connectivity index (χ1n) is 6.16. The van der Waals surface area contributed by atoms with Gasteiger partial charge in [0, 0.05) is 6.61 Å². The van der Waals surface area contributed by atoms with Crippen molar-refractivity contribution in [1.29, 1.82) is 0 Å². The highest BCUT2D eigenvalue weighted by molar-refractivity contribution is 5.44. The molecule has 1 aromatic rings. The molecule has 0 saturated heterocycles. The summed E-state index contributed by atoms with van der Waals surface area (Å²) in [5.41, 5.74) is -2.90. The first kappa shape index (κ1) is 17.6. The molecule has 0 unspecified atom stereocenters. The minimum absolute atomic E-state index is 0.0860. The normalized spacial score (nSPS) is 12.5. The Morgan fingerprint density at radius 1 is 0.857 bits per heavy atom. The third kappa shape index (κ3) is 5.11. The summed E-state index contributed by atoms with van der Waals surface area (Å²) in [7, 11) is 0. The zero-order valence-electron chi connectivity index (χ0n) is 11.1. The van der Waals surface area contributed by atoms with E-state index in [1.165, 1.54) is 0 Å². The molecule has 0 N–H and O–H groups in total. The second-order valence-electron chi connectivity index (χ2n) is 4.14. The molecule has 8 heteroatoms. The Kier molecular flexibility index (Phi) is 5.88. The van der Waals surface area contributed by atoms with Crippen LogP contribution in [0, 0.1) is 0 Å². The first-order chi connectivity index (χ1) is 9.68. The Labute approximate surface area is 117 Å². The van der Waals surface area contributed by atoms with Gasteiger partial charge in [-0.25, -0.2) is 0 Å². The van der Waals surface area contributed by atoms with Crippen LogP contribution in [0.2, 0.25) is 0 Å². The van der Waals surface area contributed by atoms with Gasteiger partial charge in [-0.3, -0.25) is 0 Å². The molecule has 120 valence electrons. The molecule has 2 nitrogen and oxygen atoms in total. The van der Waals surface area contributed by atoms with Crippen LogP contribution >= 0.6 is 0 Å². The van der Waals surface area contributed by atoms with Gasteiger partial charge in [0.1, 0.15) is 12.4 Å². The monoisotopic (exact) mass is 316 g/mol. The fourth-order valence-electron chi connectivity index (χ4n) is 1.59. The number of ether oxygens (including phenoxy) is 2. The topological polar surface area (TPSA) is 18.5 Å². The molecule has 0 atom stereocenters. The number of hydrogen-bond donors (Lipinski definition) is 0. The lowest BCUT2D eigenvalue weighted by Crippen LogP contribution is -2.17. The van der Waals surface area contributed by atoms with Crippen molar-refractivity contribution in [1.82, 2.24) is 0 Å². The molecule has 0 amide bonds. The van der Waals surface area contributed by atoms with Gasteiger partial charge in [-0.05, 0) is 18.6 Å². The lowest BCUT2D eigenvalue weighted by Gasteiger charge is -2.19. The van der Waals surface area contributed by atoms with E-state index < -0.39 is 35.8 Å².